The monoisotopic (exact) mass is 270 g/mol. The fourth-order valence-corrected chi connectivity index (χ4v) is 3.40. The third-order valence-electron chi connectivity index (χ3n) is 4.79. The summed E-state index contributed by atoms with van der Waals surface area (Å²) in [5.74, 6) is 1.27. The maximum absolute atomic E-state index is 10.6. The highest BCUT2D eigenvalue weighted by atomic mass is 16.3. The molecule has 0 heterocycles. The molecule has 20 heavy (non-hydrogen) atoms. The van der Waals surface area contributed by atoms with Crippen molar-refractivity contribution >= 4 is 10.8 Å². The molecular weight excluding hydrogens is 248 g/mol. The summed E-state index contributed by atoms with van der Waals surface area (Å²) in [4.78, 5) is 0. The zero-order chi connectivity index (χ0) is 14.5. The first kappa shape index (κ1) is 13.3. The molecule has 0 aliphatic heterocycles. The van der Waals surface area contributed by atoms with Crippen molar-refractivity contribution in [2.24, 2.45) is 11.3 Å². The van der Waals surface area contributed by atoms with E-state index in [4.69, 9.17) is 0 Å². The average molecular weight is 270 g/mol. The fraction of sp³-hybridized carbons (Fsp3) is 0.444. The van der Waals surface area contributed by atoms with Gasteiger partial charge in [0.05, 0.1) is 0 Å². The van der Waals surface area contributed by atoms with Crippen LogP contribution in [0.5, 0.6) is 11.5 Å². The number of aromatic hydroxyl groups is 2. The van der Waals surface area contributed by atoms with E-state index in [1.807, 2.05) is 24.3 Å². The lowest BCUT2D eigenvalue weighted by atomic mass is 9.70. The lowest BCUT2D eigenvalue weighted by Gasteiger charge is -2.35. The minimum Gasteiger partial charge on any atom is -0.507 e. The summed E-state index contributed by atoms with van der Waals surface area (Å²) in [7, 11) is 0. The molecule has 0 fully saturated rings. The van der Waals surface area contributed by atoms with Crippen LogP contribution in [0.1, 0.15) is 38.3 Å². The SMILES string of the molecule is CC(C)(C)C1CCc2c(c(O)c3ccccc3c2O)C1. The molecule has 0 spiro atoms. The van der Waals surface area contributed by atoms with Gasteiger partial charge in [-0.1, -0.05) is 45.0 Å². The molecule has 1 atom stereocenters. The van der Waals surface area contributed by atoms with Crippen molar-refractivity contribution in [1.82, 2.24) is 0 Å². The van der Waals surface area contributed by atoms with Gasteiger partial charge in [0.2, 0.25) is 0 Å². The minimum atomic E-state index is 0.228. The molecule has 2 aromatic rings. The third-order valence-corrected chi connectivity index (χ3v) is 4.79. The number of rotatable bonds is 0. The Morgan fingerprint density at radius 2 is 1.50 bits per heavy atom. The maximum Gasteiger partial charge on any atom is 0.127 e. The van der Waals surface area contributed by atoms with Gasteiger partial charge in [-0.25, -0.2) is 0 Å². The van der Waals surface area contributed by atoms with Crippen molar-refractivity contribution in [3.63, 3.8) is 0 Å². The summed E-state index contributed by atoms with van der Waals surface area (Å²) in [5.41, 5.74) is 2.12. The first-order valence-corrected chi connectivity index (χ1v) is 7.34. The van der Waals surface area contributed by atoms with E-state index in [9.17, 15) is 10.2 Å². The van der Waals surface area contributed by atoms with Gasteiger partial charge in [-0.15, -0.1) is 0 Å². The molecule has 1 unspecified atom stereocenters. The summed E-state index contributed by atoms with van der Waals surface area (Å²) in [5, 5.41) is 22.6. The van der Waals surface area contributed by atoms with E-state index in [-0.39, 0.29) is 5.41 Å². The predicted octanol–water partition coefficient (Wildman–Crippen LogP) is 4.40. The van der Waals surface area contributed by atoms with Crippen LogP contribution in [0.4, 0.5) is 0 Å². The van der Waals surface area contributed by atoms with Crippen LogP contribution >= 0.6 is 0 Å². The molecule has 106 valence electrons. The lowest BCUT2D eigenvalue weighted by molar-refractivity contribution is 0.213. The predicted molar refractivity (Wildman–Crippen MR) is 82.2 cm³/mol. The molecule has 0 saturated heterocycles. The molecule has 0 bridgehead atoms. The Bertz CT molecular complexity index is 665. The van der Waals surface area contributed by atoms with Gasteiger partial charge in [0.15, 0.2) is 0 Å². The number of phenolic OH excluding ortho intramolecular Hbond substituents is 2. The maximum atomic E-state index is 10.6. The van der Waals surface area contributed by atoms with E-state index in [1.165, 1.54) is 0 Å². The van der Waals surface area contributed by atoms with Crippen LogP contribution in [0, 0.1) is 11.3 Å². The van der Waals surface area contributed by atoms with Crippen LogP contribution in [0.15, 0.2) is 24.3 Å². The molecule has 0 radical (unpaired) electrons. The van der Waals surface area contributed by atoms with Gasteiger partial charge in [-0.05, 0) is 30.6 Å². The van der Waals surface area contributed by atoms with E-state index in [0.29, 0.717) is 17.4 Å². The van der Waals surface area contributed by atoms with Gasteiger partial charge >= 0.3 is 0 Å². The molecule has 2 nitrogen and oxygen atoms in total. The number of hydrogen-bond acceptors (Lipinski definition) is 2. The average Bonchev–Trinajstić information content (AvgIpc) is 2.43. The van der Waals surface area contributed by atoms with Crippen molar-refractivity contribution in [1.29, 1.82) is 0 Å². The molecule has 1 aliphatic carbocycles. The van der Waals surface area contributed by atoms with Crippen LogP contribution in [0.25, 0.3) is 10.8 Å². The smallest absolute Gasteiger partial charge is 0.127 e. The zero-order valence-electron chi connectivity index (χ0n) is 12.4. The Morgan fingerprint density at radius 3 is 2.05 bits per heavy atom. The first-order valence-electron chi connectivity index (χ1n) is 7.34. The summed E-state index contributed by atoms with van der Waals surface area (Å²) in [6.07, 6.45) is 2.77. The largest absolute Gasteiger partial charge is 0.507 e. The number of hydrogen-bond donors (Lipinski definition) is 2. The fourth-order valence-electron chi connectivity index (χ4n) is 3.40. The number of fused-ring (bicyclic) bond motifs is 2. The molecular formula is C18H22O2. The summed E-state index contributed by atoms with van der Waals surface area (Å²) in [6, 6.07) is 7.55. The number of phenols is 2. The molecule has 0 saturated carbocycles. The molecule has 1 aliphatic rings. The van der Waals surface area contributed by atoms with Crippen molar-refractivity contribution in [3.8, 4) is 11.5 Å². The van der Waals surface area contributed by atoms with Crippen molar-refractivity contribution in [2.75, 3.05) is 0 Å². The second kappa shape index (κ2) is 4.41. The second-order valence-electron chi connectivity index (χ2n) is 7.01. The van der Waals surface area contributed by atoms with Crippen molar-refractivity contribution in [2.45, 2.75) is 40.0 Å². The second-order valence-corrected chi connectivity index (χ2v) is 7.01. The normalized spacial score (nSPS) is 19.1. The van der Waals surface area contributed by atoms with E-state index in [2.05, 4.69) is 20.8 Å². The highest BCUT2D eigenvalue weighted by Crippen LogP contribution is 2.46. The highest BCUT2D eigenvalue weighted by molar-refractivity contribution is 5.95. The van der Waals surface area contributed by atoms with E-state index >= 15 is 0 Å². The van der Waals surface area contributed by atoms with Crippen LogP contribution in [0.2, 0.25) is 0 Å². The number of benzene rings is 2. The van der Waals surface area contributed by atoms with E-state index in [0.717, 1.165) is 41.2 Å². The van der Waals surface area contributed by atoms with Crippen LogP contribution in [-0.2, 0) is 12.8 Å². The minimum absolute atomic E-state index is 0.228. The van der Waals surface area contributed by atoms with Crippen molar-refractivity contribution < 1.29 is 10.2 Å². The van der Waals surface area contributed by atoms with E-state index < -0.39 is 0 Å². The Labute approximate surface area is 120 Å². The molecule has 2 heteroatoms. The van der Waals surface area contributed by atoms with E-state index in [1.54, 1.807) is 0 Å². The Morgan fingerprint density at radius 1 is 0.950 bits per heavy atom. The van der Waals surface area contributed by atoms with Gasteiger partial charge in [-0.3, -0.25) is 0 Å². The Hall–Kier alpha value is -1.70. The summed E-state index contributed by atoms with van der Waals surface area (Å²) < 4.78 is 0. The molecule has 0 aromatic heterocycles. The first-order chi connectivity index (χ1) is 9.39. The zero-order valence-corrected chi connectivity index (χ0v) is 12.4. The summed E-state index contributed by atoms with van der Waals surface area (Å²) >= 11 is 0. The van der Waals surface area contributed by atoms with Crippen LogP contribution in [-0.4, -0.2) is 10.2 Å². The van der Waals surface area contributed by atoms with Gasteiger partial charge in [0, 0.05) is 21.9 Å². The van der Waals surface area contributed by atoms with Gasteiger partial charge in [-0.2, -0.15) is 0 Å². The summed E-state index contributed by atoms with van der Waals surface area (Å²) in [6.45, 7) is 6.75. The molecule has 0 amide bonds. The van der Waals surface area contributed by atoms with Crippen molar-refractivity contribution in [3.05, 3.63) is 35.4 Å². The standard InChI is InChI=1S/C18H22O2/c1-18(2,3)11-8-9-14-15(10-11)17(20)13-7-5-4-6-12(13)16(14)19/h4-7,11,19-20H,8-10H2,1-3H3. The quantitative estimate of drug-likeness (QED) is 0.696. The Kier molecular flexibility index (Phi) is 2.93. The molecule has 2 N–H and O–H groups in total. The van der Waals surface area contributed by atoms with Gasteiger partial charge < -0.3 is 10.2 Å². The Balaban J connectivity index is 2.20. The lowest BCUT2D eigenvalue weighted by Crippen LogP contribution is -2.27. The van der Waals surface area contributed by atoms with Crippen LogP contribution in [0.3, 0.4) is 0 Å². The van der Waals surface area contributed by atoms with Crippen LogP contribution < -0.4 is 0 Å². The topological polar surface area (TPSA) is 40.5 Å². The van der Waals surface area contributed by atoms with Gasteiger partial charge in [0.1, 0.15) is 11.5 Å². The third kappa shape index (κ3) is 1.94. The van der Waals surface area contributed by atoms with Gasteiger partial charge in [0.25, 0.3) is 0 Å². The molecule has 2 aromatic carbocycles. The highest BCUT2D eigenvalue weighted by Gasteiger charge is 2.32. The molecule has 3 rings (SSSR count).